The maximum Gasteiger partial charge on any atom is 0.331 e. The maximum atomic E-state index is 12.5. The van der Waals surface area contributed by atoms with Gasteiger partial charge in [0.25, 0.3) is 5.91 Å². The van der Waals surface area contributed by atoms with Gasteiger partial charge in [-0.1, -0.05) is 18.9 Å². The van der Waals surface area contributed by atoms with Crippen molar-refractivity contribution >= 4 is 35.3 Å². The summed E-state index contributed by atoms with van der Waals surface area (Å²) in [7, 11) is 1.66. The molecule has 162 valence electrons. The van der Waals surface area contributed by atoms with Crippen LogP contribution in [0.15, 0.2) is 23.2 Å². The predicted octanol–water partition coefficient (Wildman–Crippen LogP) is 2.17. The first-order chi connectivity index (χ1) is 14.3. The van der Waals surface area contributed by atoms with Gasteiger partial charge < -0.3 is 32.4 Å². The molecule has 1 heterocycles. The number of primary amides is 1. The third-order valence-electron chi connectivity index (χ3n) is 5.17. The number of nitrogens with zero attached hydrogens (tertiary/aromatic N) is 3. The number of carbonyl (C=O) groups is 1. The van der Waals surface area contributed by atoms with Crippen molar-refractivity contribution in [3.63, 3.8) is 0 Å². The van der Waals surface area contributed by atoms with Gasteiger partial charge in [-0.25, -0.2) is 4.99 Å². The summed E-state index contributed by atoms with van der Waals surface area (Å²) < 4.78 is 26.6. The summed E-state index contributed by atoms with van der Waals surface area (Å²) >= 11 is 0. The number of alkyl halides is 2. The smallest absolute Gasteiger partial charge is 0.331 e. The Hall–Kier alpha value is -3.21. The molecule has 0 saturated heterocycles. The number of hydrogen-bond donors (Lipinski definition) is 5. The van der Waals surface area contributed by atoms with Crippen LogP contribution in [0.4, 0.5) is 31.9 Å². The van der Waals surface area contributed by atoms with E-state index in [2.05, 4.69) is 20.6 Å². The number of halogens is 2. The third kappa shape index (κ3) is 4.67. The van der Waals surface area contributed by atoms with Crippen LogP contribution in [0.3, 0.4) is 0 Å². The molecule has 0 bridgehead atoms. The van der Waals surface area contributed by atoms with Crippen molar-refractivity contribution in [3.8, 4) is 0 Å². The number of nitrogens with two attached hydrogens (primary N) is 3. The van der Waals surface area contributed by atoms with E-state index < -0.39 is 12.5 Å². The van der Waals surface area contributed by atoms with Crippen molar-refractivity contribution in [1.82, 2.24) is 9.55 Å². The number of anilines is 4. The molecule has 9 nitrogen and oxygen atoms in total. The number of imidazole rings is 1. The van der Waals surface area contributed by atoms with Crippen LogP contribution in [0.25, 0.3) is 0 Å². The van der Waals surface area contributed by atoms with E-state index >= 15 is 0 Å². The van der Waals surface area contributed by atoms with Crippen molar-refractivity contribution in [1.29, 1.82) is 0 Å². The number of amides is 1. The lowest BCUT2D eigenvalue weighted by Gasteiger charge is -2.29. The summed E-state index contributed by atoms with van der Waals surface area (Å²) in [6.07, 6.45) is 4.92. The topological polar surface area (TPSA) is 149 Å². The summed E-state index contributed by atoms with van der Waals surface area (Å²) in [5, 5.41) is 6.27. The number of carbonyl (C=O) groups excluding carboxylic acids is 1. The van der Waals surface area contributed by atoms with Gasteiger partial charge in [-0.15, -0.1) is 0 Å². The molecule has 1 fully saturated rings. The summed E-state index contributed by atoms with van der Waals surface area (Å²) in [5.41, 5.74) is 18.7. The van der Waals surface area contributed by atoms with Crippen LogP contribution in [0.5, 0.6) is 0 Å². The van der Waals surface area contributed by atoms with E-state index in [-0.39, 0.29) is 34.8 Å². The Morgan fingerprint density at radius 1 is 1.37 bits per heavy atom. The second-order valence-corrected chi connectivity index (χ2v) is 7.24. The fourth-order valence-corrected chi connectivity index (χ4v) is 3.60. The highest BCUT2D eigenvalue weighted by Crippen LogP contribution is 2.29. The van der Waals surface area contributed by atoms with E-state index in [9.17, 15) is 13.6 Å². The minimum atomic E-state index is -2.87. The highest BCUT2D eigenvalue weighted by molar-refractivity contribution is 6.00. The Labute approximate surface area is 172 Å². The molecule has 3 rings (SSSR count). The molecule has 1 saturated carbocycles. The Kier molecular flexibility index (Phi) is 6.50. The number of aliphatic imine (C=N–C) groups is 1. The van der Waals surface area contributed by atoms with Crippen molar-refractivity contribution < 1.29 is 13.6 Å². The Balaban J connectivity index is 1.95. The highest BCUT2D eigenvalue weighted by atomic mass is 19.3. The van der Waals surface area contributed by atoms with E-state index in [1.165, 1.54) is 0 Å². The molecule has 11 heteroatoms. The van der Waals surface area contributed by atoms with E-state index in [4.69, 9.17) is 17.2 Å². The zero-order chi connectivity index (χ0) is 21.8. The normalized spacial score (nSPS) is 19.4. The molecule has 1 aromatic carbocycles. The van der Waals surface area contributed by atoms with Crippen molar-refractivity contribution in [2.45, 2.75) is 44.3 Å². The standard InChI is InChI=1S/C19H26F2N8O/c1-29-15(16(24)30)17(28-19(29)27-14-7-3-2-5-12(14)23)26-13-8-4-6-11(22)10(13)9-25-18(20)21/h4,6,8-9,12,14,18,26H,2-3,5,7,22-23H2,1H3,(H2,24,30)(H,27,28)/b25-9+/t12-,14+/m0/s1. The summed E-state index contributed by atoms with van der Waals surface area (Å²) in [6.45, 7) is -2.87. The van der Waals surface area contributed by atoms with Gasteiger partial charge >= 0.3 is 6.55 Å². The van der Waals surface area contributed by atoms with Crippen LogP contribution >= 0.6 is 0 Å². The Bertz CT molecular complexity index is 943. The molecule has 1 amide bonds. The zero-order valence-corrected chi connectivity index (χ0v) is 16.6. The molecule has 1 aromatic heterocycles. The second-order valence-electron chi connectivity index (χ2n) is 7.24. The van der Waals surface area contributed by atoms with Crippen LogP contribution in [0.1, 0.15) is 41.7 Å². The molecule has 2 aromatic rings. The van der Waals surface area contributed by atoms with Gasteiger partial charge in [0.15, 0.2) is 11.5 Å². The monoisotopic (exact) mass is 420 g/mol. The number of nitrogen functional groups attached to an aromatic ring is 1. The fourth-order valence-electron chi connectivity index (χ4n) is 3.60. The van der Waals surface area contributed by atoms with Gasteiger partial charge in [0, 0.05) is 36.6 Å². The average Bonchev–Trinajstić information content (AvgIpc) is 2.98. The van der Waals surface area contributed by atoms with Crippen LogP contribution < -0.4 is 27.8 Å². The highest BCUT2D eigenvalue weighted by Gasteiger charge is 2.26. The minimum Gasteiger partial charge on any atom is -0.398 e. The molecular formula is C19H26F2N8O. The van der Waals surface area contributed by atoms with E-state index in [1.54, 1.807) is 29.8 Å². The number of aromatic nitrogens is 2. The van der Waals surface area contributed by atoms with Gasteiger partial charge in [0.1, 0.15) is 0 Å². The Morgan fingerprint density at radius 2 is 2.10 bits per heavy atom. The summed E-state index contributed by atoms with van der Waals surface area (Å²) in [4.78, 5) is 19.7. The number of rotatable bonds is 7. The molecule has 1 aliphatic rings. The van der Waals surface area contributed by atoms with E-state index in [0.29, 0.717) is 11.6 Å². The van der Waals surface area contributed by atoms with Crippen LogP contribution in [-0.2, 0) is 7.05 Å². The molecular weight excluding hydrogens is 394 g/mol. The van der Waals surface area contributed by atoms with E-state index in [0.717, 1.165) is 31.9 Å². The first-order valence-electron chi connectivity index (χ1n) is 9.63. The number of nitrogens with one attached hydrogen (secondary N) is 2. The minimum absolute atomic E-state index is 0.0185. The average molecular weight is 420 g/mol. The Morgan fingerprint density at radius 3 is 2.77 bits per heavy atom. The van der Waals surface area contributed by atoms with Gasteiger partial charge in [-0.05, 0) is 25.0 Å². The van der Waals surface area contributed by atoms with Crippen molar-refractivity contribution in [3.05, 3.63) is 29.5 Å². The zero-order valence-electron chi connectivity index (χ0n) is 16.6. The fraction of sp³-hybridized carbons (Fsp3) is 0.421. The van der Waals surface area contributed by atoms with Crippen molar-refractivity contribution in [2.24, 2.45) is 23.5 Å². The predicted molar refractivity (Wildman–Crippen MR) is 113 cm³/mol. The second kappa shape index (κ2) is 9.08. The number of hydrogen-bond acceptors (Lipinski definition) is 7. The van der Waals surface area contributed by atoms with Crippen LogP contribution in [0.2, 0.25) is 0 Å². The SMILES string of the molecule is Cn1c(N[C@@H]2CCCC[C@@H]2N)nc(Nc2cccc(N)c2/C=N/C(F)F)c1C(N)=O. The van der Waals surface area contributed by atoms with Gasteiger partial charge in [-0.3, -0.25) is 4.79 Å². The maximum absolute atomic E-state index is 12.5. The third-order valence-corrected chi connectivity index (χ3v) is 5.17. The first kappa shape index (κ1) is 21.5. The lowest BCUT2D eigenvalue weighted by Crippen LogP contribution is -2.43. The van der Waals surface area contributed by atoms with Gasteiger partial charge in [0.05, 0.1) is 5.69 Å². The van der Waals surface area contributed by atoms with Gasteiger partial charge in [-0.2, -0.15) is 13.8 Å². The molecule has 0 spiro atoms. The van der Waals surface area contributed by atoms with Crippen molar-refractivity contribution in [2.75, 3.05) is 16.4 Å². The first-order valence-corrected chi connectivity index (χ1v) is 9.63. The molecule has 30 heavy (non-hydrogen) atoms. The molecule has 0 unspecified atom stereocenters. The molecule has 1 aliphatic carbocycles. The molecule has 8 N–H and O–H groups in total. The van der Waals surface area contributed by atoms with E-state index in [1.807, 2.05) is 0 Å². The largest absolute Gasteiger partial charge is 0.398 e. The van der Waals surface area contributed by atoms with Gasteiger partial charge in [0.2, 0.25) is 5.95 Å². The van der Waals surface area contributed by atoms with Crippen LogP contribution in [-0.4, -0.2) is 40.3 Å². The summed E-state index contributed by atoms with van der Waals surface area (Å²) in [6, 6.07) is 4.82. The quantitative estimate of drug-likeness (QED) is 0.263. The molecule has 2 atom stereocenters. The number of benzene rings is 1. The molecule has 0 aliphatic heterocycles. The molecule has 0 radical (unpaired) electrons. The van der Waals surface area contributed by atoms with Crippen LogP contribution in [0, 0.1) is 0 Å². The lowest BCUT2D eigenvalue weighted by molar-refractivity contribution is 0.0993. The lowest BCUT2D eigenvalue weighted by atomic mass is 9.91. The summed E-state index contributed by atoms with van der Waals surface area (Å²) in [5.74, 6) is -0.0882.